The van der Waals surface area contributed by atoms with Crippen LogP contribution >= 0.6 is 0 Å². The van der Waals surface area contributed by atoms with Crippen molar-refractivity contribution in [3.05, 3.63) is 30.1 Å². The van der Waals surface area contributed by atoms with Gasteiger partial charge in [-0.15, -0.1) is 0 Å². The van der Waals surface area contributed by atoms with Gasteiger partial charge in [-0.3, -0.25) is 4.98 Å². The molecule has 102 valence electrons. The molecule has 1 spiro atoms. The summed E-state index contributed by atoms with van der Waals surface area (Å²) in [7, 11) is 0. The Labute approximate surface area is 114 Å². The average Bonchev–Trinajstić information content (AvgIpc) is 2.88. The maximum Gasteiger partial charge on any atom is 0.120 e. The number of pyridine rings is 1. The lowest BCUT2D eigenvalue weighted by Crippen LogP contribution is -2.46. The summed E-state index contributed by atoms with van der Waals surface area (Å²) in [6, 6.07) is 6.02. The third kappa shape index (κ3) is 2.32. The van der Waals surface area contributed by atoms with Gasteiger partial charge in [-0.1, -0.05) is 18.9 Å². The summed E-state index contributed by atoms with van der Waals surface area (Å²) in [5.41, 5.74) is 0.973. The van der Waals surface area contributed by atoms with Gasteiger partial charge in [0.2, 0.25) is 0 Å². The number of ether oxygens (including phenoxy) is 1. The van der Waals surface area contributed by atoms with E-state index in [1.807, 2.05) is 18.3 Å². The molecule has 2 heterocycles. The van der Waals surface area contributed by atoms with Crippen molar-refractivity contribution in [1.29, 1.82) is 0 Å². The van der Waals surface area contributed by atoms with Crippen molar-refractivity contribution in [2.75, 3.05) is 6.61 Å². The third-order valence-electron chi connectivity index (χ3n) is 4.85. The number of rotatable bonds is 3. The zero-order valence-corrected chi connectivity index (χ0v) is 11.3. The van der Waals surface area contributed by atoms with E-state index in [0.717, 1.165) is 44.3 Å². The first-order chi connectivity index (χ1) is 9.29. The first-order valence-corrected chi connectivity index (χ1v) is 7.28. The molecule has 0 aromatic carbocycles. The predicted octanol–water partition coefficient (Wildman–Crippen LogP) is 3.03. The summed E-state index contributed by atoms with van der Waals surface area (Å²) in [6.45, 7) is 0.754. The van der Waals surface area contributed by atoms with Crippen LogP contribution in [-0.4, -0.2) is 23.5 Å². The van der Waals surface area contributed by atoms with Gasteiger partial charge < -0.3 is 9.53 Å². The summed E-state index contributed by atoms with van der Waals surface area (Å²) in [4.78, 5) is 15.7. The minimum atomic E-state index is -0.106. The molecule has 1 aliphatic heterocycles. The zero-order chi connectivity index (χ0) is 13.2. The molecule has 1 aromatic rings. The second kappa shape index (κ2) is 5.04. The number of hydrogen-bond acceptors (Lipinski definition) is 3. The molecule has 2 aliphatic rings. The van der Waals surface area contributed by atoms with Crippen LogP contribution in [0.25, 0.3) is 0 Å². The van der Waals surface area contributed by atoms with Gasteiger partial charge in [0.1, 0.15) is 6.29 Å². The van der Waals surface area contributed by atoms with Crippen molar-refractivity contribution < 1.29 is 9.53 Å². The molecule has 3 rings (SSSR count). The summed E-state index contributed by atoms with van der Waals surface area (Å²) < 4.78 is 6.11. The lowest BCUT2D eigenvalue weighted by Gasteiger charge is -2.45. The lowest BCUT2D eigenvalue weighted by molar-refractivity contribution is -0.118. The summed E-state index contributed by atoms with van der Waals surface area (Å²) in [5, 5.41) is 0. The summed E-state index contributed by atoms with van der Waals surface area (Å²) in [6.07, 6.45) is 10.1. The molecule has 0 amide bonds. The Morgan fingerprint density at radius 2 is 2.11 bits per heavy atom. The molecule has 1 saturated heterocycles. The Morgan fingerprint density at radius 3 is 2.79 bits per heavy atom. The van der Waals surface area contributed by atoms with Crippen molar-refractivity contribution in [2.24, 2.45) is 0 Å². The maximum atomic E-state index is 11.2. The number of aldehydes is 1. The average molecular weight is 259 g/mol. The van der Waals surface area contributed by atoms with Crippen molar-refractivity contribution in [3.63, 3.8) is 0 Å². The molecule has 1 saturated carbocycles. The highest BCUT2D eigenvalue weighted by Gasteiger charge is 2.48. The van der Waals surface area contributed by atoms with Crippen LogP contribution in [-0.2, 0) is 14.9 Å². The standard InChI is InChI=1S/C16H21NO2/c18-11-8-15(14-5-1-4-10-17-14)9-12-19-16(13-15)6-2-3-7-16/h1,4-5,10-11H,2-3,6-9,12-13H2/t15-/m1/s1. The van der Waals surface area contributed by atoms with E-state index in [4.69, 9.17) is 4.74 Å². The van der Waals surface area contributed by atoms with E-state index >= 15 is 0 Å². The Morgan fingerprint density at radius 1 is 1.26 bits per heavy atom. The molecule has 3 heteroatoms. The molecule has 3 nitrogen and oxygen atoms in total. The molecule has 1 atom stereocenters. The molecule has 0 radical (unpaired) electrons. The van der Waals surface area contributed by atoms with Crippen LogP contribution in [0.5, 0.6) is 0 Å². The zero-order valence-electron chi connectivity index (χ0n) is 11.3. The van der Waals surface area contributed by atoms with E-state index in [1.54, 1.807) is 0 Å². The molecule has 0 N–H and O–H groups in total. The van der Waals surface area contributed by atoms with Crippen LogP contribution in [0.3, 0.4) is 0 Å². The number of aromatic nitrogens is 1. The highest BCUT2D eigenvalue weighted by atomic mass is 16.5. The van der Waals surface area contributed by atoms with Crippen molar-refractivity contribution >= 4 is 6.29 Å². The van der Waals surface area contributed by atoms with Crippen LogP contribution in [0, 0.1) is 0 Å². The fraction of sp³-hybridized carbons (Fsp3) is 0.625. The van der Waals surface area contributed by atoms with E-state index in [1.165, 1.54) is 12.8 Å². The minimum Gasteiger partial charge on any atom is -0.375 e. The van der Waals surface area contributed by atoms with Crippen LogP contribution in [0.1, 0.15) is 50.6 Å². The minimum absolute atomic E-state index is 0.0127. The van der Waals surface area contributed by atoms with Crippen LogP contribution < -0.4 is 0 Å². The molecule has 0 bridgehead atoms. The number of nitrogens with zero attached hydrogens (tertiary/aromatic N) is 1. The highest BCUT2D eigenvalue weighted by molar-refractivity contribution is 5.53. The van der Waals surface area contributed by atoms with Gasteiger partial charge in [0.15, 0.2) is 0 Å². The highest BCUT2D eigenvalue weighted by Crippen LogP contribution is 2.49. The first kappa shape index (κ1) is 12.8. The summed E-state index contributed by atoms with van der Waals surface area (Å²) in [5.74, 6) is 0. The fourth-order valence-corrected chi connectivity index (χ4v) is 3.89. The second-order valence-corrected chi connectivity index (χ2v) is 6.03. The molecular formula is C16H21NO2. The number of carbonyl (C=O) groups excluding carboxylic acids is 1. The number of hydrogen-bond donors (Lipinski definition) is 0. The van der Waals surface area contributed by atoms with Crippen LogP contribution in [0.2, 0.25) is 0 Å². The molecule has 0 unspecified atom stereocenters. The van der Waals surface area contributed by atoms with Gasteiger partial charge >= 0.3 is 0 Å². The maximum absolute atomic E-state index is 11.2. The van der Waals surface area contributed by atoms with Gasteiger partial charge in [-0.05, 0) is 37.8 Å². The molecule has 1 aliphatic carbocycles. The van der Waals surface area contributed by atoms with E-state index in [-0.39, 0.29) is 11.0 Å². The fourth-order valence-electron chi connectivity index (χ4n) is 3.89. The Balaban J connectivity index is 1.94. The van der Waals surface area contributed by atoms with Gasteiger partial charge in [0, 0.05) is 30.3 Å². The largest absolute Gasteiger partial charge is 0.375 e. The molecule has 2 fully saturated rings. The second-order valence-electron chi connectivity index (χ2n) is 6.03. The van der Waals surface area contributed by atoms with E-state index in [9.17, 15) is 4.79 Å². The van der Waals surface area contributed by atoms with Gasteiger partial charge in [0.25, 0.3) is 0 Å². The van der Waals surface area contributed by atoms with Crippen LogP contribution in [0.4, 0.5) is 0 Å². The smallest absolute Gasteiger partial charge is 0.120 e. The van der Waals surface area contributed by atoms with Crippen molar-refractivity contribution in [2.45, 2.75) is 56.0 Å². The quantitative estimate of drug-likeness (QED) is 0.783. The Hall–Kier alpha value is -1.22. The van der Waals surface area contributed by atoms with Crippen molar-refractivity contribution in [3.8, 4) is 0 Å². The van der Waals surface area contributed by atoms with Gasteiger partial charge in [0.05, 0.1) is 5.60 Å². The van der Waals surface area contributed by atoms with E-state index < -0.39 is 0 Å². The number of carbonyl (C=O) groups is 1. The third-order valence-corrected chi connectivity index (χ3v) is 4.85. The molecule has 1 aromatic heterocycles. The van der Waals surface area contributed by atoms with Gasteiger partial charge in [-0.25, -0.2) is 0 Å². The van der Waals surface area contributed by atoms with E-state index in [0.29, 0.717) is 6.42 Å². The predicted molar refractivity (Wildman–Crippen MR) is 73.0 cm³/mol. The Kier molecular flexibility index (Phi) is 3.40. The molecular weight excluding hydrogens is 238 g/mol. The van der Waals surface area contributed by atoms with Crippen molar-refractivity contribution in [1.82, 2.24) is 4.98 Å². The Bertz CT molecular complexity index is 439. The first-order valence-electron chi connectivity index (χ1n) is 7.28. The SMILES string of the molecule is O=CC[C@@]1(c2ccccn2)CCOC2(CCCC2)C1. The van der Waals surface area contributed by atoms with E-state index in [2.05, 4.69) is 11.1 Å². The van der Waals surface area contributed by atoms with Crippen LogP contribution in [0.15, 0.2) is 24.4 Å². The normalized spacial score (nSPS) is 29.5. The topological polar surface area (TPSA) is 39.2 Å². The summed E-state index contributed by atoms with van der Waals surface area (Å²) >= 11 is 0. The lowest BCUT2D eigenvalue weighted by atomic mass is 9.68. The monoisotopic (exact) mass is 259 g/mol. The molecule has 19 heavy (non-hydrogen) atoms. The van der Waals surface area contributed by atoms with Gasteiger partial charge in [-0.2, -0.15) is 0 Å².